The predicted octanol–water partition coefficient (Wildman–Crippen LogP) is 3.16. The third kappa shape index (κ3) is 3.50. The van der Waals surface area contributed by atoms with Crippen LogP contribution in [0.25, 0.3) is 0 Å². The average molecular weight is 286 g/mol. The highest BCUT2D eigenvalue weighted by Crippen LogP contribution is 2.32. The molecule has 20 heavy (non-hydrogen) atoms. The van der Waals surface area contributed by atoms with E-state index < -0.39 is 24.9 Å². The molecule has 110 valence electrons. The van der Waals surface area contributed by atoms with Crippen molar-refractivity contribution in [2.45, 2.75) is 37.9 Å². The lowest BCUT2D eigenvalue weighted by Gasteiger charge is -2.23. The molecule has 0 saturated carbocycles. The van der Waals surface area contributed by atoms with Gasteiger partial charge in [0.05, 0.1) is 6.42 Å². The number of fused-ring (bicyclic) bond motifs is 1. The Morgan fingerprint density at radius 1 is 1.35 bits per heavy atom. The second-order valence-corrected chi connectivity index (χ2v) is 4.97. The van der Waals surface area contributed by atoms with Crippen LogP contribution in [0.5, 0.6) is 0 Å². The maximum atomic E-state index is 12.2. The number of halogens is 3. The Morgan fingerprint density at radius 2 is 2.05 bits per heavy atom. The van der Waals surface area contributed by atoms with Gasteiger partial charge in [0, 0.05) is 24.7 Å². The Hall–Kier alpha value is -1.56. The molecule has 6 heteroatoms. The lowest BCUT2D eigenvalue weighted by atomic mass is 10.0. The first-order valence-electron chi connectivity index (χ1n) is 6.60. The van der Waals surface area contributed by atoms with E-state index in [4.69, 9.17) is 5.73 Å². The Labute approximate surface area is 115 Å². The van der Waals surface area contributed by atoms with E-state index in [2.05, 4.69) is 0 Å². The highest BCUT2D eigenvalue weighted by atomic mass is 19.4. The average Bonchev–Trinajstić information content (AvgIpc) is 2.55. The fraction of sp³-hybridized carbons (Fsp3) is 0.500. The van der Waals surface area contributed by atoms with Crippen molar-refractivity contribution in [3.63, 3.8) is 0 Å². The first kappa shape index (κ1) is 14.8. The van der Waals surface area contributed by atoms with Crippen molar-refractivity contribution in [3.05, 3.63) is 29.8 Å². The van der Waals surface area contributed by atoms with E-state index in [0.717, 1.165) is 12.0 Å². The molecule has 1 heterocycles. The molecule has 1 aromatic rings. The number of hydrogen-bond donors (Lipinski definition) is 1. The molecule has 1 aromatic carbocycles. The molecule has 3 nitrogen and oxygen atoms in total. The van der Waals surface area contributed by atoms with Gasteiger partial charge in [-0.05, 0) is 24.5 Å². The van der Waals surface area contributed by atoms with Crippen molar-refractivity contribution in [3.8, 4) is 0 Å². The molecule has 0 radical (unpaired) electrons. The van der Waals surface area contributed by atoms with Gasteiger partial charge in [-0.25, -0.2) is 0 Å². The third-order valence-corrected chi connectivity index (χ3v) is 3.45. The van der Waals surface area contributed by atoms with Gasteiger partial charge in [-0.15, -0.1) is 0 Å². The fourth-order valence-corrected chi connectivity index (χ4v) is 2.43. The van der Waals surface area contributed by atoms with E-state index in [9.17, 15) is 18.0 Å². The van der Waals surface area contributed by atoms with E-state index in [-0.39, 0.29) is 6.04 Å². The van der Waals surface area contributed by atoms with Crippen molar-refractivity contribution in [2.75, 3.05) is 11.4 Å². The molecule has 0 saturated heterocycles. The summed E-state index contributed by atoms with van der Waals surface area (Å²) < 4.78 is 36.7. The first-order valence-corrected chi connectivity index (χ1v) is 6.60. The molecule has 2 rings (SSSR count). The van der Waals surface area contributed by atoms with Gasteiger partial charge in [-0.1, -0.05) is 18.2 Å². The fourth-order valence-electron chi connectivity index (χ4n) is 2.43. The third-order valence-electron chi connectivity index (χ3n) is 3.45. The molecule has 1 amide bonds. The first-order chi connectivity index (χ1) is 9.38. The van der Waals surface area contributed by atoms with Gasteiger partial charge >= 0.3 is 6.18 Å². The Balaban J connectivity index is 2.19. The Morgan fingerprint density at radius 3 is 2.75 bits per heavy atom. The van der Waals surface area contributed by atoms with Crippen LogP contribution >= 0.6 is 0 Å². The summed E-state index contributed by atoms with van der Waals surface area (Å²) in [6, 6.07) is 6.98. The van der Waals surface area contributed by atoms with Gasteiger partial charge in [0.15, 0.2) is 0 Å². The molecule has 1 aliphatic heterocycles. The summed E-state index contributed by atoms with van der Waals surface area (Å²) in [5.41, 5.74) is 7.50. The van der Waals surface area contributed by atoms with Crippen LogP contribution in [0.1, 0.15) is 37.3 Å². The highest BCUT2D eigenvalue weighted by molar-refractivity contribution is 5.94. The van der Waals surface area contributed by atoms with E-state index in [1.54, 1.807) is 12.1 Å². The van der Waals surface area contributed by atoms with Crippen LogP contribution in [-0.4, -0.2) is 18.6 Å². The molecule has 0 bridgehead atoms. The highest BCUT2D eigenvalue weighted by Gasteiger charge is 2.30. The van der Waals surface area contributed by atoms with E-state index >= 15 is 0 Å². The maximum absolute atomic E-state index is 12.2. The van der Waals surface area contributed by atoms with Gasteiger partial charge in [0.25, 0.3) is 0 Å². The van der Waals surface area contributed by atoms with Gasteiger partial charge in [-0.2, -0.15) is 13.2 Å². The van der Waals surface area contributed by atoms with Crippen LogP contribution in [0.2, 0.25) is 0 Å². The molecule has 2 N–H and O–H groups in total. The van der Waals surface area contributed by atoms with E-state index in [1.807, 2.05) is 12.1 Å². The van der Waals surface area contributed by atoms with Crippen molar-refractivity contribution < 1.29 is 18.0 Å². The van der Waals surface area contributed by atoms with Crippen LogP contribution in [0, 0.1) is 0 Å². The molecular formula is C14H17F3N2O. The van der Waals surface area contributed by atoms with Crippen LogP contribution in [0.4, 0.5) is 18.9 Å². The zero-order valence-corrected chi connectivity index (χ0v) is 11.0. The smallest absolute Gasteiger partial charge is 0.324 e. The van der Waals surface area contributed by atoms with Crippen LogP contribution in [-0.2, 0) is 4.79 Å². The maximum Gasteiger partial charge on any atom is 0.389 e. The molecular weight excluding hydrogens is 269 g/mol. The zero-order valence-electron chi connectivity index (χ0n) is 11.0. The summed E-state index contributed by atoms with van der Waals surface area (Å²) in [7, 11) is 0. The van der Waals surface area contributed by atoms with Gasteiger partial charge in [0.2, 0.25) is 5.91 Å². The van der Waals surface area contributed by atoms with Crippen LogP contribution in [0.15, 0.2) is 24.3 Å². The summed E-state index contributed by atoms with van der Waals surface area (Å²) >= 11 is 0. The monoisotopic (exact) mass is 286 g/mol. The summed E-state index contributed by atoms with van der Waals surface area (Å²) in [4.78, 5) is 13.5. The number of carbonyl (C=O) groups excluding carboxylic acids is 1. The van der Waals surface area contributed by atoms with Crippen molar-refractivity contribution in [2.24, 2.45) is 5.73 Å². The number of nitrogens with two attached hydrogens (primary N) is 1. The quantitative estimate of drug-likeness (QED) is 0.907. The van der Waals surface area contributed by atoms with E-state index in [0.29, 0.717) is 18.7 Å². The van der Waals surface area contributed by atoms with Crippen LogP contribution in [0.3, 0.4) is 0 Å². The van der Waals surface area contributed by atoms with Gasteiger partial charge < -0.3 is 10.6 Å². The number of rotatable bonds is 2. The second-order valence-electron chi connectivity index (χ2n) is 4.97. The number of carbonyl (C=O) groups is 1. The lowest BCUT2D eigenvalue weighted by Crippen LogP contribution is -2.32. The minimum Gasteiger partial charge on any atom is -0.324 e. The van der Waals surface area contributed by atoms with Crippen molar-refractivity contribution >= 4 is 11.6 Å². The summed E-state index contributed by atoms with van der Waals surface area (Å²) in [6.07, 6.45) is -4.51. The van der Waals surface area contributed by atoms with Gasteiger partial charge in [-0.3, -0.25) is 4.79 Å². The summed E-state index contributed by atoms with van der Waals surface area (Å²) in [5, 5.41) is 0. The standard InChI is InChI=1S/C14H17F3N2O/c15-14(16,17)8-7-13(20)19-9-3-5-11(18)10-4-1-2-6-12(10)19/h1-2,4,6,11H,3,5,7-9,18H2. The minimum absolute atomic E-state index is 0.174. The molecule has 1 aliphatic rings. The molecule has 0 fully saturated rings. The number of alkyl halides is 3. The van der Waals surface area contributed by atoms with Crippen LogP contribution < -0.4 is 10.6 Å². The predicted molar refractivity (Wildman–Crippen MR) is 70.2 cm³/mol. The number of para-hydroxylation sites is 1. The molecule has 0 aromatic heterocycles. The zero-order chi connectivity index (χ0) is 14.8. The number of benzene rings is 1. The molecule has 0 aliphatic carbocycles. The SMILES string of the molecule is NC1CCCN(C(=O)CCC(F)(F)F)c2ccccc21. The summed E-state index contributed by atoms with van der Waals surface area (Å²) in [6.45, 7) is 0.418. The van der Waals surface area contributed by atoms with Gasteiger partial charge in [0.1, 0.15) is 0 Å². The van der Waals surface area contributed by atoms with Crippen molar-refractivity contribution in [1.82, 2.24) is 0 Å². The second kappa shape index (κ2) is 5.83. The lowest BCUT2D eigenvalue weighted by molar-refractivity contribution is -0.143. The summed E-state index contributed by atoms with van der Waals surface area (Å²) in [5.74, 6) is -0.496. The van der Waals surface area contributed by atoms with E-state index in [1.165, 1.54) is 4.90 Å². The topological polar surface area (TPSA) is 46.3 Å². The Bertz CT molecular complexity index is 488. The molecule has 0 spiro atoms. The largest absolute Gasteiger partial charge is 0.389 e. The number of nitrogens with zero attached hydrogens (tertiary/aromatic N) is 1. The van der Waals surface area contributed by atoms with Crippen molar-refractivity contribution in [1.29, 1.82) is 0 Å². The minimum atomic E-state index is -4.31. The number of amides is 1. The number of anilines is 1. The molecule has 1 unspecified atom stereocenters. The molecule has 1 atom stereocenters. The number of hydrogen-bond acceptors (Lipinski definition) is 2. The normalized spacial score (nSPS) is 19.4. The Kier molecular flexibility index (Phi) is 4.32.